The van der Waals surface area contributed by atoms with Gasteiger partial charge in [-0.05, 0) is 50.0 Å². The average molecular weight is 306 g/mol. The summed E-state index contributed by atoms with van der Waals surface area (Å²) in [6.45, 7) is 10.9. The molecule has 22 heavy (non-hydrogen) atoms. The SMILES string of the molecule is COC(=O)/C=C(C)\C=C(/C)C1(O)C(C)=C(C)C(=O)CC1(C)C. The van der Waals surface area contributed by atoms with Crippen LogP contribution < -0.4 is 0 Å². The summed E-state index contributed by atoms with van der Waals surface area (Å²) in [7, 11) is 1.32. The van der Waals surface area contributed by atoms with E-state index in [2.05, 4.69) is 4.74 Å². The Morgan fingerprint density at radius 2 is 1.77 bits per heavy atom. The number of hydrogen-bond acceptors (Lipinski definition) is 4. The lowest BCUT2D eigenvalue weighted by Crippen LogP contribution is -2.51. The highest BCUT2D eigenvalue weighted by Gasteiger charge is 2.51. The fraction of sp³-hybridized carbons (Fsp3) is 0.556. The number of methoxy groups -OCH3 is 1. The van der Waals surface area contributed by atoms with Gasteiger partial charge in [0.2, 0.25) is 0 Å². The van der Waals surface area contributed by atoms with E-state index in [9.17, 15) is 14.7 Å². The average Bonchev–Trinajstić information content (AvgIpc) is 2.42. The molecule has 0 aromatic heterocycles. The molecule has 0 saturated heterocycles. The molecule has 4 nitrogen and oxygen atoms in total. The maximum atomic E-state index is 12.1. The number of ether oxygens (including phenoxy) is 1. The molecule has 1 atom stereocenters. The third-order valence-electron chi connectivity index (χ3n) is 4.67. The summed E-state index contributed by atoms with van der Waals surface area (Å²) in [6, 6.07) is 0. The molecule has 4 heteroatoms. The molecule has 1 N–H and O–H groups in total. The van der Waals surface area contributed by atoms with Crippen molar-refractivity contribution < 1.29 is 19.4 Å². The van der Waals surface area contributed by atoms with Gasteiger partial charge in [-0.1, -0.05) is 19.9 Å². The predicted octanol–water partition coefficient (Wildman–Crippen LogP) is 3.12. The topological polar surface area (TPSA) is 63.6 Å². The summed E-state index contributed by atoms with van der Waals surface area (Å²) in [5.41, 5.74) is 0.865. The molecule has 0 aromatic carbocycles. The van der Waals surface area contributed by atoms with Crippen LogP contribution in [0.2, 0.25) is 0 Å². The second-order valence-electron chi connectivity index (χ2n) is 6.68. The lowest BCUT2D eigenvalue weighted by Gasteiger charge is -2.48. The summed E-state index contributed by atoms with van der Waals surface area (Å²) < 4.78 is 4.61. The molecule has 1 rings (SSSR count). The molecule has 0 fully saturated rings. The maximum absolute atomic E-state index is 12.1. The first-order valence-electron chi connectivity index (χ1n) is 7.36. The highest BCUT2D eigenvalue weighted by atomic mass is 16.5. The van der Waals surface area contributed by atoms with Crippen LogP contribution in [0, 0.1) is 5.41 Å². The van der Waals surface area contributed by atoms with Gasteiger partial charge in [0.15, 0.2) is 5.78 Å². The molecule has 1 aliphatic rings. The van der Waals surface area contributed by atoms with Crippen LogP contribution in [-0.4, -0.2) is 29.6 Å². The van der Waals surface area contributed by atoms with Gasteiger partial charge in [-0.3, -0.25) is 4.79 Å². The van der Waals surface area contributed by atoms with Crippen molar-refractivity contribution >= 4 is 11.8 Å². The standard InChI is InChI=1S/C18H26O4/c1-11(9-16(20)22-7)8-12(2)18(21)14(4)13(3)15(19)10-17(18,5)6/h8-9,21H,10H2,1-7H3/b11-9-,12-8+. The number of carbonyl (C=O) groups is 2. The summed E-state index contributed by atoms with van der Waals surface area (Å²) >= 11 is 0. The zero-order valence-corrected chi connectivity index (χ0v) is 14.5. The molecular weight excluding hydrogens is 280 g/mol. The van der Waals surface area contributed by atoms with Gasteiger partial charge in [-0.25, -0.2) is 4.79 Å². The number of hydrogen-bond donors (Lipinski definition) is 1. The number of ketones is 1. The molecule has 1 unspecified atom stereocenters. The van der Waals surface area contributed by atoms with Gasteiger partial charge in [0.1, 0.15) is 5.60 Å². The van der Waals surface area contributed by atoms with E-state index < -0.39 is 17.0 Å². The molecule has 0 heterocycles. The van der Waals surface area contributed by atoms with Crippen molar-refractivity contribution in [2.75, 3.05) is 7.11 Å². The largest absolute Gasteiger partial charge is 0.466 e. The quantitative estimate of drug-likeness (QED) is 0.494. The third kappa shape index (κ3) is 3.07. The van der Waals surface area contributed by atoms with Crippen LogP contribution in [0.4, 0.5) is 0 Å². The van der Waals surface area contributed by atoms with Crippen molar-refractivity contribution in [1.29, 1.82) is 0 Å². The zero-order chi connectivity index (χ0) is 17.3. The van der Waals surface area contributed by atoms with Crippen molar-refractivity contribution in [2.24, 2.45) is 5.41 Å². The second-order valence-corrected chi connectivity index (χ2v) is 6.68. The monoisotopic (exact) mass is 306 g/mol. The number of esters is 1. The first kappa shape index (κ1) is 18.4. The van der Waals surface area contributed by atoms with Crippen molar-refractivity contribution in [1.82, 2.24) is 0 Å². The third-order valence-corrected chi connectivity index (χ3v) is 4.67. The minimum atomic E-state index is -1.21. The predicted molar refractivity (Wildman–Crippen MR) is 86.3 cm³/mol. The minimum absolute atomic E-state index is 0.0711. The van der Waals surface area contributed by atoms with Crippen molar-refractivity contribution in [3.05, 3.63) is 34.4 Å². The number of rotatable bonds is 3. The lowest BCUT2D eigenvalue weighted by atomic mass is 9.60. The van der Waals surface area contributed by atoms with Crippen molar-refractivity contribution in [3.63, 3.8) is 0 Å². The van der Waals surface area contributed by atoms with Crippen LogP contribution in [0.25, 0.3) is 0 Å². The van der Waals surface area contributed by atoms with Crippen LogP contribution in [-0.2, 0) is 14.3 Å². The normalized spacial score (nSPS) is 26.3. The number of aliphatic hydroxyl groups is 1. The van der Waals surface area contributed by atoms with E-state index >= 15 is 0 Å². The second kappa shape index (κ2) is 6.21. The lowest BCUT2D eigenvalue weighted by molar-refractivity contribution is -0.134. The zero-order valence-electron chi connectivity index (χ0n) is 14.5. The van der Waals surface area contributed by atoms with Gasteiger partial charge in [0.25, 0.3) is 0 Å². The molecule has 0 amide bonds. The Morgan fingerprint density at radius 1 is 1.23 bits per heavy atom. The van der Waals surface area contributed by atoms with Crippen LogP contribution in [0.15, 0.2) is 34.4 Å². The summed E-state index contributed by atoms with van der Waals surface area (Å²) in [5.74, 6) is -0.364. The molecule has 0 aromatic rings. The first-order valence-corrected chi connectivity index (χ1v) is 7.36. The molecule has 1 aliphatic carbocycles. The summed E-state index contributed by atoms with van der Waals surface area (Å²) in [5, 5.41) is 11.3. The van der Waals surface area contributed by atoms with E-state index in [0.717, 1.165) is 0 Å². The van der Waals surface area contributed by atoms with Gasteiger partial charge in [0, 0.05) is 17.9 Å². The number of allylic oxidation sites excluding steroid dienone is 3. The molecule has 0 aliphatic heterocycles. The van der Waals surface area contributed by atoms with Gasteiger partial charge in [0.05, 0.1) is 7.11 Å². The van der Waals surface area contributed by atoms with E-state index in [1.54, 1.807) is 26.8 Å². The Balaban J connectivity index is 3.40. The van der Waals surface area contributed by atoms with Crippen molar-refractivity contribution in [2.45, 2.75) is 53.6 Å². The van der Waals surface area contributed by atoms with Crippen LogP contribution in [0.5, 0.6) is 0 Å². The fourth-order valence-corrected chi connectivity index (χ4v) is 3.21. The van der Waals surface area contributed by atoms with E-state index in [1.165, 1.54) is 13.2 Å². The van der Waals surface area contributed by atoms with E-state index in [1.807, 2.05) is 20.8 Å². The Kier molecular flexibility index (Phi) is 5.18. The molecule has 0 saturated carbocycles. The Morgan fingerprint density at radius 3 is 2.27 bits per heavy atom. The Bertz CT molecular complexity index is 590. The van der Waals surface area contributed by atoms with E-state index in [-0.39, 0.29) is 12.2 Å². The Labute approximate surface area is 132 Å². The smallest absolute Gasteiger partial charge is 0.330 e. The summed E-state index contributed by atoms with van der Waals surface area (Å²) in [4.78, 5) is 23.4. The maximum Gasteiger partial charge on any atom is 0.330 e. The van der Waals surface area contributed by atoms with Gasteiger partial charge in [-0.2, -0.15) is 0 Å². The Hall–Kier alpha value is -1.68. The van der Waals surface area contributed by atoms with Crippen LogP contribution in [0.1, 0.15) is 48.0 Å². The van der Waals surface area contributed by atoms with Crippen molar-refractivity contribution in [3.8, 4) is 0 Å². The highest BCUT2D eigenvalue weighted by molar-refractivity contribution is 5.98. The van der Waals surface area contributed by atoms with Crippen LogP contribution in [0.3, 0.4) is 0 Å². The molecule has 122 valence electrons. The molecule has 0 spiro atoms. The fourth-order valence-electron chi connectivity index (χ4n) is 3.21. The van der Waals surface area contributed by atoms with Crippen LogP contribution >= 0.6 is 0 Å². The molecular formula is C18H26O4. The van der Waals surface area contributed by atoms with Gasteiger partial charge in [-0.15, -0.1) is 0 Å². The number of carbonyl (C=O) groups excluding carboxylic acids is 2. The van der Waals surface area contributed by atoms with Gasteiger partial charge >= 0.3 is 5.97 Å². The molecule has 0 bridgehead atoms. The van der Waals surface area contributed by atoms with Gasteiger partial charge < -0.3 is 9.84 Å². The first-order chi connectivity index (χ1) is 9.97. The number of Topliss-reactive ketones (excluding diaryl/α,β-unsaturated/α-hetero) is 1. The van der Waals surface area contributed by atoms with E-state index in [0.29, 0.717) is 22.3 Å². The highest BCUT2D eigenvalue weighted by Crippen LogP contribution is 2.49. The molecule has 0 radical (unpaired) electrons. The van der Waals surface area contributed by atoms with E-state index in [4.69, 9.17) is 0 Å². The minimum Gasteiger partial charge on any atom is -0.466 e. The summed E-state index contributed by atoms with van der Waals surface area (Å²) in [6.07, 6.45) is 3.43.